The van der Waals surface area contributed by atoms with E-state index in [0.717, 1.165) is 83.7 Å². The Hall–Kier alpha value is -0.0800. The van der Waals surface area contributed by atoms with Gasteiger partial charge < -0.3 is 19.7 Å². The molecule has 2 rings (SSSR count). The number of halogens is 1. The molecule has 0 spiro atoms. The van der Waals surface area contributed by atoms with E-state index in [1.807, 2.05) is 0 Å². The zero-order valence-electron chi connectivity index (χ0n) is 15.5. The number of hydrogen-bond donors (Lipinski definition) is 1. The molecular formula is C18H36IN3O2. The summed E-state index contributed by atoms with van der Waals surface area (Å²) < 4.78 is 11.2. The molecule has 6 heteroatoms. The smallest absolute Gasteiger partial charge is 0.193 e. The first-order chi connectivity index (χ1) is 11.3. The molecule has 0 radical (unpaired) electrons. The normalized spacial score (nSPS) is 20.8. The van der Waals surface area contributed by atoms with Gasteiger partial charge in [-0.05, 0) is 50.9 Å². The van der Waals surface area contributed by atoms with Gasteiger partial charge >= 0.3 is 0 Å². The predicted octanol–water partition coefficient (Wildman–Crippen LogP) is 3.14. The third-order valence-electron chi connectivity index (χ3n) is 4.82. The molecule has 0 atom stereocenters. The molecule has 24 heavy (non-hydrogen) atoms. The molecule has 0 aromatic carbocycles. The number of nitrogens with zero attached hydrogens (tertiary/aromatic N) is 2. The van der Waals surface area contributed by atoms with Crippen molar-refractivity contribution in [1.82, 2.24) is 10.2 Å². The first-order valence-electron chi connectivity index (χ1n) is 9.48. The second-order valence-corrected chi connectivity index (χ2v) is 6.89. The van der Waals surface area contributed by atoms with Gasteiger partial charge in [-0.3, -0.25) is 4.99 Å². The summed E-state index contributed by atoms with van der Waals surface area (Å²) in [7, 11) is 0. The molecule has 2 fully saturated rings. The SMILES string of the molecule is CCNC(=NCCCOCC1CCOCC1)N1CCC(C)CC1.I. The molecule has 0 saturated carbocycles. The lowest BCUT2D eigenvalue weighted by Crippen LogP contribution is -2.45. The molecule has 2 heterocycles. The van der Waals surface area contributed by atoms with E-state index in [0.29, 0.717) is 5.92 Å². The highest BCUT2D eigenvalue weighted by Gasteiger charge is 2.18. The maximum absolute atomic E-state index is 5.82. The average Bonchev–Trinajstić information content (AvgIpc) is 2.59. The molecule has 0 bridgehead atoms. The highest BCUT2D eigenvalue weighted by molar-refractivity contribution is 14.0. The zero-order valence-corrected chi connectivity index (χ0v) is 17.8. The van der Waals surface area contributed by atoms with Crippen molar-refractivity contribution in [2.75, 3.05) is 52.6 Å². The maximum Gasteiger partial charge on any atom is 0.193 e. The van der Waals surface area contributed by atoms with Crippen molar-refractivity contribution in [2.24, 2.45) is 16.8 Å². The van der Waals surface area contributed by atoms with Gasteiger partial charge in [0, 0.05) is 52.6 Å². The minimum Gasteiger partial charge on any atom is -0.381 e. The van der Waals surface area contributed by atoms with E-state index < -0.39 is 0 Å². The van der Waals surface area contributed by atoms with Crippen molar-refractivity contribution in [1.29, 1.82) is 0 Å². The first kappa shape index (κ1) is 22.0. The standard InChI is InChI=1S/C18H35N3O2.HI/c1-3-19-18(21-10-5-16(2)6-11-21)20-9-4-12-23-15-17-7-13-22-14-8-17;/h16-17H,3-15H2,1-2H3,(H,19,20);1H. The number of hydrogen-bond acceptors (Lipinski definition) is 3. The minimum atomic E-state index is 0. The number of nitrogens with one attached hydrogen (secondary N) is 1. The molecule has 0 aromatic heterocycles. The summed E-state index contributed by atoms with van der Waals surface area (Å²) in [4.78, 5) is 7.19. The van der Waals surface area contributed by atoms with Gasteiger partial charge in [0.2, 0.25) is 0 Å². The molecule has 0 aliphatic carbocycles. The molecule has 0 unspecified atom stereocenters. The Kier molecular flexibility index (Phi) is 12.0. The van der Waals surface area contributed by atoms with E-state index in [9.17, 15) is 0 Å². The zero-order chi connectivity index (χ0) is 16.3. The van der Waals surface area contributed by atoms with Crippen LogP contribution in [-0.4, -0.2) is 63.5 Å². The van der Waals surface area contributed by atoms with Crippen molar-refractivity contribution >= 4 is 29.9 Å². The summed E-state index contributed by atoms with van der Waals surface area (Å²) >= 11 is 0. The van der Waals surface area contributed by atoms with Crippen LogP contribution in [0.15, 0.2) is 4.99 Å². The molecule has 1 N–H and O–H groups in total. The van der Waals surface area contributed by atoms with Crippen LogP contribution in [0.25, 0.3) is 0 Å². The fourth-order valence-electron chi connectivity index (χ4n) is 3.16. The van der Waals surface area contributed by atoms with Crippen LogP contribution in [0.2, 0.25) is 0 Å². The van der Waals surface area contributed by atoms with Gasteiger partial charge in [0.15, 0.2) is 5.96 Å². The van der Waals surface area contributed by atoms with Crippen LogP contribution in [0, 0.1) is 11.8 Å². The van der Waals surface area contributed by atoms with Crippen LogP contribution in [0.3, 0.4) is 0 Å². The van der Waals surface area contributed by atoms with E-state index in [2.05, 4.69) is 24.1 Å². The van der Waals surface area contributed by atoms with Crippen LogP contribution in [-0.2, 0) is 9.47 Å². The van der Waals surface area contributed by atoms with Crippen molar-refractivity contribution in [3.8, 4) is 0 Å². The van der Waals surface area contributed by atoms with Gasteiger partial charge in [-0.2, -0.15) is 0 Å². The van der Waals surface area contributed by atoms with Crippen LogP contribution in [0.1, 0.15) is 46.0 Å². The molecule has 2 aliphatic heterocycles. The highest BCUT2D eigenvalue weighted by Crippen LogP contribution is 2.16. The number of ether oxygens (including phenoxy) is 2. The fraction of sp³-hybridized carbons (Fsp3) is 0.944. The molecule has 2 aliphatic rings. The van der Waals surface area contributed by atoms with Crippen molar-refractivity contribution < 1.29 is 9.47 Å². The van der Waals surface area contributed by atoms with E-state index in [-0.39, 0.29) is 24.0 Å². The summed E-state index contributed by atoms with van der Waals surface area (Å²) in [5, 5.41) is 3.43. The Bertz CT molecular complexity index is 341. The molecule has 5 nitrogen and oxygen atoms in total. The van der Waals surface area contributed by atoms with Crippen molar-refractivity contribution in [3.05, 3.63) is 0 Å². The monoisotopic (exact) mass is 453 g/mol. The quantitative estimate of drug-likeness (QED) is 0.279. The van der Waals surface area contributed by atoms with Crippen molar-refractivity contribution in [3.63, 3.8) is 0 Å². The molecule has 0 aromatic rings. The van der Waals surface area contributed by atoms with Gasteiger partial charge in [0.05, 0.1) is 0 Å². The molecule has 0 amide bonds. The number of guanidine groups is 1. The van der Waals surface area contributed by atoms with E-state index in [1.165, 1.54) is 12.8 Å². The average molecular weight is 453 g/mol. The lowest BCUT2D eigenvalue weighted by molar-refractivity contribution is 0.0205. The summed E-state index contributed by atoms with van der Waals surface area (Å²) in [5.74, 6) is 2.64. The largest absolute Gasteiger partial charge is 0.381 e. The lowest BCUT2D eigenvalue weighted by Gasteiger charge is -2.33. The summed E-state index contributed by atoms with van der Waals surface area (Å²) in [5.41, 5.74) is 0. The van der Waals surface area contributed by atoms with Crippen LogP contribution in [0.5, 0.6) is 0 Å². The number of piperidine rings is 1. The minimum absolute atomic E-state index is 0. The van der Waals surface area contributed by atoms with Gasteiger partial charge in [-0.25, -0.2) is 0 Å². The third kappa shape index (κ3) is 8.34. The summed E-state index contributed by atoms with van der Waals surface area (Å²) in [6.07, 6.45) is 5.85. The number of rotatable bonds is 7. The van der Waals surface area contributed by atoms with Crippen LogP contribution >= 0.6 is 24.0 Å². The fourth-order valence-corrected chi connectivity index (χ4v) is 3.16. The topological polar surface area (TPSA) is 46.1 Å². The lowest BCUT2D eigenvalue weighted by atomic mass is 10.00. The van der Waals surface area contributed by atoms with Crippen molar-refractivity contribution in [2.45, 2.75) is 46.0 Å². The second kappa shape index (κ2) is 13.2. The Morgan fingerprint density at radius 3 is 2.58 bits per heavy atom. The van der Waals surface area contributed by atoms with E-state index in [1.54, 1.807) is 0 Å². The Morgan fingerprint density at radius 1 is 1.21 bits per heavy atom. The second-order valence-electron chi connectivity index (χ2n) is 6.89. The van der Waals surface area contributed by atoms with Gasteiger partial charge in [0.1, 0.15) is 0 Å². The van der Waals surface area contributed by atoms with E-state index in [4.69, 9.17) is 14.5 Å². The third-order valence-corrected chi connectivity index (χ3v) is 4.82. The molecule has 142 valence electrons. The van der Waals surface area contributed by atoms with Gasteiger partial charge in [-0.1, -0.05) is 6.92 Å². The Labute approximate surface area is 165 Å². The maximum atomic E-state index is 5.82. The summed E-state index contributed by atoms with van der Waals surface area (Å²) in [6.45, 7) is 12.0. The van der Waals surface area contributed by atoms with Gasteiger partial charge in [0.25, 0.3) is 0 Å². The molecular weight excluding hydrogens is 417 g/mol. The number of aliphatic imine (C=N–C) groups is 1. The van der Waals surface area contributed by atoms with Gasteiger partial charge in [-0.15, -0.1) is 24.0 Å². The number of likely N-dealkylation sites (tertiary alicyclic amines) is 1. The first-order valence-corrected chi connectivity index (χ1v) is 9.48. The summed E-state index contributed by atoms with van der Waals surface area (Å²) in [6, 6.07) is 0. The predicted molar refractivity (Wildman–Crippen MR) is 110 cm³/mol. The molecule has 2 saturated heterocycles. The highest BCUT2D eigenvalue weighted by atomic mass is 127. The Balaban J connectivity index is 0.00000288. The van der Waals surface area contributed by atoms with Crippen LogP contribution in [0.4, 0.5) is 0 Å². The Morgan fingerprint density at radius 2 is 1.92 bits per heavy atom. The van der Waals surface area contributed by atoms with E-state index >= 15 is 0 Å². The van der Waals surface area contributed by atoms with Crippen LogP contribution < -0.4 is 5.32 Å².